The molecular formula is C26H31N5O4S. The Balaban J connectivity index is 1.67. The smallest absolute Gasteiger partial charge is 0.338 e. The molecule has 3 aromatic rings. The number of esters is 1. The average Bonchev–Trinajstić information content (AvgIpc) is 3.29. The first-order chi connectivity index (χ1) is 17.3. The van der Waals surface area contributed by atoms with Crippen molar-refractivity contribution in [1.29, 1.82) is 0 Å². The van der Waals surface area contributed by atoms with Crippen LogP contribution in [0.15, 0.2) is 59.8 Å². The third-order valence-electron chi connectivity index (χ3n) is 5.32. The van der Waals surface area contributed by atoms with Crippen molar-refractivity contribution in [3.63, 3.8) is 0 Å². The molecule has 1 atom stereocenters. The standard InChI is InChI=1S/C26H31N5O4S/c1-5-31-23(22(17(3)4)28-24(33)18-11-8-7-9-12-18)29-30-26(31)36-16-21(32)27-20-14-10-13-19(15-20)25(34)35-6-2/h7-15,17,22H,5-6,16H2,1-4H3,(H,27,32)(H,28,33)/t22-/m1/s1. The molecule has 0 fully saturated rings. The second-order valence-corrected chi connectivity index (χ2v) is 9.23. The quantitative estimate of drug-likeness (QED) is 0.292. The summed E-state index contributed by atoms with van der Waals surface area (Å²) in [6, 6.07) is 15.3. The van der Waals surface area contributed by atoms with Crippen LogP contribution in [0.25, 0.3) is 0 Å². The van der Waals surface area contributed by atoms with E-state index in [1.807, 2.05) is 43.5 Å². The number of amides is 2. The number of rotatable bonds is 11. The number of thioether (sulfide) groups is 1. The number of anilines is 1. The monoisotopic (exact) mass is 509 g/mol. The lowest BCUT2D eigenvalue weighted by Crippen LogP contribution is -2.33. The maximum atomic E-state index is 12.8. The number of nitrogens with zero attached hydrogens (tertiary/aromatic N) is 3. The second kappa shape index (κ2) is 12.9. The minimum absolute atomic E-state index is 0.0694. The molecule has 190 valence electrons. The molecule has 0 aliphatic rings. The van der Waals surface area contributed by atoms with Gasteiger partial charge in [-0.1, -0.05) is 49.9 Å². The topological polar surface area (TPSA) is 115 Å². The number of carbonyl (C=O) groups is 3. The van der Waals surface area contributed by atoms with E-state index in [0.29, 0.717) is 34.3 Å². The van der Waals surface area contributed by atoms with E-state index in [9.17, 15) is 14.4 Å². The largest absolute Gasteiger partial charge is 0.462 e. The van der Waals surface area contributed by atoms with Crippen molar-refractivity contribution in [1.82, 2.24) is 20.1 Å². The number of hydrogen-bond donors (Lipinski definition) is 2. The molecule has 10 heteroatoms. The van der Waals surface area contributed by atoms with Gasteiger partial charge in [0.15, 0.2) is 11.0 Å². The predicted molar refractivity (Wildman–Crippen MR) is 139 cm³/mol. The van der Waals surface area contributed by atoms with Crippen molar-refractivity contribution in [2.24, 2.45) is 5.92 Å². The molecule has 0 spiro atoms. The molecule has 0 bridgehead atoms. The Labute approximate surface area is 215 Å². The van der Waals surface area contributed by atoms with Crippen molar-refractivity contribution in [3.8, 4) is 0 Å². The normalized spacial score (nSPS) is 11.7. The van der Waals surface area contributed by atoms with E-state index < -0.39 is 5.97 Å². The lowest BCUT2D eigenvalue weighted by atomic mass is 10.0. The molecule has 1 heterocycles. The van der Waals surface area contributed by atoms with Crippen LogP contribution in [-0.2, 0) is 16.1 Å². The fourth-order valence-corrected chi connectivity index (χ4v) is 4.35. The molecule has 3 rings (SSSR count). The molecule has 0 saturated carbocycles. The Hall–Kier alpha value is -3.66. The number of nitrogens with one attached hydrogen (secondary N) is 2. The Morgan fingerprint density at radius 1 is 1.00 bits per heavy atom. The number of benzene rings is 2. The summed E-state index contributed by atoms with van der Waals surface area (Å²) in [5, 5.41) is 15.1. The Morgan fingerprint density at radius 3 is 2.39 bits per heavy atom. The molecule has 0 aliphatic carbocycles. The first-order valence-corrected chi connectivity index (χ1v) is 12.8. The molecule has 0 aliphatic heterocycles. The third kappa shape index (κ3) is 6.94. The third-order valence-corrected chi connectivity index (χ3v) is 6.29. The van der Waals surface area contributed by atoms with E-state index in [0.717, 1.165) is 0 Å². The summed E-state index contributed by atoms with van der Waals surface area (Å²) in [5.41, 5.74) is 1.45. The molecule has 0 unspecified atom stereocenters. The minimum atomic E-state index is -0.439. The SMILES string of the molecule is CCOC(=O)c1cccc(NC(=O)CSc2nnc([C@H](NC(=O)c3ccccc3)C(C)C)n2CC)c1. The molecule has 1 aromatic heterocycles. The van der Waals surface area contributed by atoms with Gasteiger partial charge in [0.05, 0.1) is 24.0 Å². The van der Waals surface area contributed by atoms with Gasteiger partial charge in [0.2, 0.25) is 5.91 Å². The number of ether oxygens (including phenoxy) is 1. The first-order valence-electron chi connectivity index (χ1n) is 11.8. The zero-order valence-electron chi connectivity index (χ0n) is 20.9. The van der Waals surface area contributed by atoms with Gasteiger partial charge >= 0.3 is 5.97 Å². The minimum Gasteiger partial charge on any atom is -0.462 e. The Kier molecular flexibility index (Phi) is 9.63. The fourth-order valence-electron chi connectivity index (χ4n) is 3.54. The van der Waals surface area contributed by atoms with Gasteiger partial charge in [-0.3, -0.25) is 9.59 Å². The Morgan fingerprint density at radius 2 is 1.72 bits per heavy atom. The zero-order valence-corrected chi connectivity index (χ0v) is 21.7. The van der Waals surface area contributed by atoms with E-state index >= 15 is 0 Å². The number of hydrogen-bond acceptors (Lipinski definition) is 7. The van der Waals surface area contributed by atoms with Gasteiger partial charge in [-0.25, -0.2) is 4.79 Å². The predicted octanol–water partition coefficient (Wildman–Crippen LogP) is 4.33. The van der Waals surface area contributed by atoms with E-state index in [2.05, 4.69) is 20.8 Å². The van der Waals surface area contributed by atoms with Crippen molar-refractivity contribution in [3.05, 3.63) is 71.5 Å². The summed E-state index contributed by atoms with van der Waals surface area (Å²) >= 11 is 1.26. The number of aromatic nitrogens is 3. The van der Waals surface area contributed by atoms with Gasteiger partial charge in [-0.2, -0.15) is 0 Å². The molecule has 0 radical (unpaired) electrons. The second-order valence-electron chi connectivity index (χ2n) is 8.28. The van der Waals surface area contributed by atoms with Crippen LogP contribution in [0.3, 0.4) is 0 Å². The summed E-state index contributed by atoms with van der Waals surface area (Å²) in [6.07, 6.45) is 0. The van der Waals surface area contributed by atoms with Crippen molar-refractivity contribution >= 4 is 35.2 Å². The van der Waals surface area contributed by atoms with Gasteiger partial charge in [-0.05, 0) is 50.1 Å². The van der Waals surface area contributed by atoms with Gasteiger partial charge in [0, 0.05) is 17.8 Å². The maximum Gasteiger partial charge on any atom is 0.338 e. The van der Waals surface area contributed by atoms with Crippen LogP contribution in [-0.4, -0.2) is 44.9 Å². The zero-order chi connectivity index (χ0) is 26.1. The van der Waals surface area contributed by atoms with Gasteiger partial charge in [0.25, 0.3) is 5.91 Å². The summed E-state index contributed by atoms with van der Waals surface area (Å²) in [6.45, 7) is 8.58. The van der Waals surface area contributed by atoms with Crippen LogP contribution in [0.2, 0.25) is 0 Å². The summed E-state index contributed by atoms with van der Waals surface area (Å²) in [5.74, 6) is -0.0539. The van der Waals surface area contributed by atoms with Crippen molar-refractivity contribution in [2.75, 3.05) is 17.7 Å². The van der Waals surface area contributed by atoms with Crippen LogP contribution >= 0.6 is 11.8 Å². The summed E-state index contributed by atoms with van der Waals surface area (Å²) < 4.78 is 6.92. The van der Waals surface area contributed by atoms with Gasteiger partial charge in [-0.15, -0.1) is 10.2 Å². The van der Waals surface area contributed by atoms with E-state index in [1.54, 1.807) is 43.3 Å². The first kappa shape index (κ1) is 26.9. The van der Waals surface area contributed by atoms with Crippen LogP contribution in [0.5, 0.6) is 0 Å². The lowest BCUT2D eigenvalue weighted by molar-refractivity contribution is -0.113. The van der Waals surface area contributed by atoms with Crippen LogP contribution in [0.4, 0.5) is 5.69 Å². The van der Waals surface area contributed by atoms with Crippen molar-refractivity contribution in [2.45, 2.75) is 45.4 Å². The summed E-state index contributed by atoms with van der Waals surface area (Å²) in [7, 11) is 0. The van der Waals surface area contributed by atoms with Crippen molar-refractivity contribution < 1.29 is 19.1 Å². The highest BCUT2D eigenvalue weighted by atomic mass is 32.2. The van der Waals surface area contributed by atoms with E-state index in [4.69, 9.17) is 4.74 Å². The average molecular weight is 510 g/mol. The molecule has 2 N–H and O–H groups in total. The van der Waals surface area contributed by atoms with Gasteiger partial charge < -0.3 is 19.9 Å². The summed E-state index contributed by atoms with van der Waals surface area (Å²) in [4.78, 5) is 37.3. The van der Waals surface area contributed by atoms with E-state index in [-0.39, 0.29) is 36.1 Å². The molecule has 0 saturated heterocycles. The fraction of sp³-hybridized carbons (Fsp3) is 0.346. The van der Waals surface area contributed by atoms with Gasteiger partial charge in [0.1, 0.15) is 0 Å². The lowest BCUT2D eigenvalue weighted by Gasteiger charge is -2.22. The van der Waals surface area contributed by atoms with Crippen LogP contribution in [0, 0.1) is 5.92 Å². The molecular weight excluding hydrogens is 478 g/mol. The highest BCUT2D eigenvalue weighted by molar-refractivity contribution is 7.99. The highest BCUT2D eigenvalue weighted by Gasteiger charge is 2.26. The number of carbonyl (C=O) groups excluding carboxylic acids is 3. The molecule has 2 amide bonds. The van der Waals surface area contributed by atoms with Crippen LogP contribution in [0.1, 0.15) is 60.3 Å². The van der Waals surface area contributed by atoms with E-state index in [1.165, 1.54) is 11.8 Å². The Bertz CT molecular complexity index is 1200. The van der Waals surface area contributed by atoms with Crippen LogP contribution < -0.4 is 10.6 Å². The molecule has 9 nitrogen and oxygen atoms in total. The molecule has 36 heavy (non-hydrogen) atoms. The maximum absolute atomic E-state index is 12.8. The molecule has 2 aromatic carbocycles. The highest BCUT2D eigenvalue weighted by Crippen LogP contribution is 2.26.